The zero-order valence-corrected chi connectivity index (χ0v) is 15.2. The number of nitrogens with one attached hydrogen (secondary N) is 1. The van der Waals surface area contributed by atoms with E-state index in [2.05, 4.69) is 5.32 Å². The maximum absolute atomic E-state index is 13.0. The van der Waals surface area contributed by atoms with Crippen molar-refractivity contribution in [2.75, 3.05) is 5.32 Å². The van der Waals surface area contributed by atoms with E-state index in [1.165, 1.54) is 40.8 Å². The molecule has 0 bridgehead atoms. The van der Waals surface area contributed by atoms with E-state index in [1.807, 2.05) is 6.07 Å². The Morgan fingerprint density at radius 3 is 2.76 bits per heavy atom. The number of amides is 1. The van der Waals surface area contributed by atoms with E-state index in [9.17, 15) is 14.0 Å². The van der Waals surface area contributed by atoms with Gasteiger partial charge >= 0.3 is 5.97 Å². The minimum Gasteiger partial charge on any atom is -0.448 e. The second-order valence-electron chi connectivity index (χ2n) is 5.93. The van der Waals surface area contributed by atoms with Crippen LogP contribution < -0.4 is 5.32 Å². The average Bonchev–Trinajstić information content (AvgIpc) is 3.01. The molecule has 1 amide bonds. The van der Waals surface area contributed by atoms with E-state index in [-0.39, 0.29) is 10.7 Å². The minimum atomic E-state index is -0.993. The quantitative estimate of drug-likeness (QED) is 0.787. The van der Waals surface area contributed by atoms with E-state index in [0.29, 0.717) is 4.88 Å². The van der Waals surface area contributed by atoms with Crippen LogP contribution in [-0.4, -0.2) is 18.0 Å². The summed E-state index contributed by atoms with van der Waals surface area (Å²) in [5.41, 5.74) is 1.47. The highest BCUT2D eigenvalue weighted by Gasteiger charge is 2.23. The van der Waals surface area contributed by atoms with Gasteiger partial charge in [-0.2, -0.15) is 0 Å². The van der Waals surface area contributed by atoms with Gasteiger partial charge in [0.25, 0.3) is 5.91 Å². The van der Waals surface area contributed by atoms with Crippen molar-refractivity contribution in [3.8, 4) is 0 Å². The number of anilines is 1. The van der Waals surface area contributed by atoms with Crippen LogP contribution in [0.1, 0.15) is 39.9 Å². The number of carbonyl (C=O) groups excluding carboxylic acids is 2. The zero-order chi connectivity index (χ0) is 18.0. The number of carbonyl (C=O) groups is 2. The molecule has 0 spiro atoms. The number of fused-ring (bicyclic) bond motifs is 1. The third-order valence-electron chi connectivity index (χ3n) is 4.04. The van der Waals surface area contributed by atoms with Crippen LogP contribution >= 0.6 is 22.9 Å². The van der Waals surface area contributed by atoms with Crippen molar-refractivity contribution < 1.29 is 18.7 Å². The number of hydrogen-bond donors (Lipinski definition) is 1. The van der Waals surface area contributed by atoms with Gasteiger partial charge in [-0.3, -0.25) is 4.79 Å². The minimum absolute atomic E-state index is 0.0813. The van der Waals surface area contributed by atoms with E-state index in [0.717, 1.165) is 31.7 Å². The normalized spacial score (nSPS) is 14.5. The topological polar surface area (TPSA) is 55.4 Å². The Kier molecular flexibility index (Phi) is 5.39. The number of halogens is 2. The van der Waals surface area contributed by atoms with Crippen LogP contribution in [0.25, 0.3) is 0 Å². The largest absolute Gasteiger partial charge is 0.448 e. The Morgan fingerprint density at radius 2 is 2.04 bits per heavy atom. The second-order valence-corrected chi connectivity index (χ2v) is 7.47. The Labute approximate surface area is 153 Å². The van der Waals surface area contributed by atoms with Gasteiger partial charge in [0.2, 0.25) is 0 Å². The predicted octanol–water partition coefficient (Wildman–Crippen LogP) is 4.60. The van der Waals surface area contributed by atoms with Crippen molar-refractivity contribution >= 4 is 40.5 Å². The summed E-state index contributed by atoms with van der Waals surface area (Å²) < 4.78 is 18.3. The molecular weight excluding hydrogens is 365 g/mol. The van der Waals surface area contributed by atoms with Crippen LogP contribution in [0.3, 0.4) is 0 Å². The van der Waals surface area contributed by atoms with Gasteiger partial charge in [-0.1, -0.05) is 11.6 Å². The molecule has 0 saturated carbocycles. The van der Waals surface area contributed by atoms with Crippen molar-refractivity contribution in [3.05, 3.63) is 50.4 Å². The first-order valence-corrected chi connectivity index (χ1v) is 9.22. The summed E-state index contributed by atoms with van der Waals surface area (Å²) in [7, 11) is 0. The second kappa shape index (κ2) is 7.54. The van der Waals surface area contributed by atoms with E-state index in [1.54, 1.807) is 0 Å². The molecule has 2 aromatic rings. The lowest BCUT2D eigenvalue weighted by atomic mass is 9.99. The molecule has 1 heterocycles. The standard InChI is InChI=1S/C18H17ClFNO3S/c1-10(17(22)21-14-7-6-12(20)9-13(14)19)24-18(23)16-8-11-4-2-3-5-15(11)25-16/h6-10H,2-5H2,1H3,(H,21,22)/t10-/m1/s1. The molecule has 1 atom stereocenters. The highest BCUT2D eigenvalue weighted by molar-refractivity contribution is 7.14. The van der Waals surface area contributed by atoms with Gasteiger partial charge in [0.1, 0.15) is 10.7 Å². The SMILES string of the molecule is C[C@@H](OC(=O)c1cc2c(s1)CCCC2)C(=O)Nc1ccc(F)cc1Cl. The fourth-order valence-electron chi connectivity index (χ4n) is 2.69. The molecule has 7 heteroatoms. The lowest BCUT2D eigenvalue weighted by Gasteiger charge is -2.13. The van der Waals surface area contributed by atoms with Gasteiger partial charge in [0.15, 0.2) is 6.10 Å². The summed E-state index contributed by atoms with van der Waals surface area (Å²) in [6.45, 7) is 1.48. The van der Waals surface area contributed by atoms with Crippen molar-refractivity contribution in [1.82, 2.24) is 0 Å². The third kappa shape index (κ3) is 4.19. The highest BCUT2D eigenvalue weighted by Crippen LogP contribution is 2.30. The summed E-state index contributed by atoms with van der Waals surface area (Å²) in [5.74, 6) is -1.53. The number of benzene rings is 1. The molecule has 1 aromatic carbocycles. The van der Waals surface area contributed by atoms with Gasteiger partial charge in [0.05, 0.1) is 10.7 Å². The summed E-state index contributed by atoms with van der Waals surface area (Å²) >= 11 is 7.31. The summed E-state index contributed by atoms with van der Waals surface area (Å²) in [6.07, 6.45) is 3.26. The van der Waals surface area contributed by atoms with E-state index in [4.69, 9.17) is 16.3 Å². The van der Waals surface area contributed by atoms with Crippen LogP contribution in [0.5, 0.6) is 0 Å². The van der Waals surface area contributed by atoms with Crippen LogP contribution in [0.4, 0.5) is 10.1 Å². The molecule has 1 N–H and O–H groups in total. The Morgan fingerprint density at radius 1 is 1.28 bits per heavy atom. The fraction of sp³-hybridized carbons (Fsp3) is 0.333. The van der Waals surface area contributed by atoms with Crippen LogP contribution in [-0.2, 0) is 22.4 Å². The number of ether oxygens (including phenoxy) is 1. The maximum atomic E-state index is 13.0. The molecule has 25 heavy (non-hydrogen) atoms. The van der Waals surface area contributed by atoms with Gasteiger partial charge < -0.3 is 10.1 Å². The summed E-state index contributed by atoms with van der Waals surface area (Å²) in [6, 6.07) is 5.51. The molecule has 0 aliphatic heterocycles. The number of rotatable bonds is 4. The number of hydrogen-bond acceptors (Lipinski definition) is 4. The van der Waals surface area contributed by atoms with Crippen molar-refractivity contribution in [2.24, 2.45) is 0 Å². The lowest BCUT2D eigenvalue weighted by molar-refractivity contribution is -0.123. The molecule has 132 valence electrons. The molecular formula is C18H17ClFNO3S. The van der Waals surface area contributed by atoms with E-state index >= 15 is 0 Å². The molecule has 0 unspecified atom stereocenters. The zero-order valence-electron chi connectivity index (χ0n) is 13.6. The molecule has 4 nitrogen and oxygen atoms in total. The van der Waals surface area contributed by atoms with Crippen molar-refractivity contribution in [2.45, 2.75) is 38.7 Å². The summed E-state index contributed by atoms with van der Waals surface area (Å²) in [4.78, 5) is 26.2. The molecule has 0 saturated heterocycles. The van der Waals surface area contributed by atoms with Crippen molar-refractivity contribution in [3.63, 3.8) is 0 Å². The van der Waals surface area contributed by atoms with E-state index < -0.39 is 23.8 Å². The molecule has 0 radical (unpaired) electrons. The van der Waals surface area contributed by atoms with Crippen LogP contribution in [0.15, 0.2) is 24.3 Å². The first-order valence-electron chi connectivity index (χ1n) is 8.02. The monoisotopic (exact) mass is 381 g/mol. The lowest BCUT2D eigenvalue weighted by Crippen LogP contribution is -2.29. The molecule has 1 aromatic heterocycles. The molecule has 1 aliphatic carbocycles. The van der Waals surface area contributed by atoms with Crippen LogP contribution in [0, 0.1) is 5.82 Å². The van der Waals surface area contributed by atoms with Gasteiger partial charge in [-0.05, 0) is 62.4 Å². The van der Waals surface area contributed by atoms with Gasteiger partial charge in [0, 0.05) is 4.88 Å². The van der Waals surface area contributed by atoms with Gasteiger partial charge in [-0.25, -0.2) is 9.18 Å². The highest BCUT2D eigenvalue weighted by atomic mass is 35.5. The van der Waals surface area contributed by atoms with Crippen molar-refractivity contribution in [1.29, 1.82) is 0 Å². The predicted molar refractivity (Wildman–Crippen MR) is 95.9 cm³/mol. The maximum Gasteiger partial charge on any atom is 0.349 e. The fourth-order valence-corrected chi connectivity index (χ4v) is 4.04. The van der Waals surface area contributed by atoms with Crippen LogP contribution in [0.2, 0.25) is 5.02 Å². The third-order valence-corrected chi connectivity index (χ3v) is 5.57. The first kappa shape index (κ1) is 17.9. The smallest absolute Gasteiger partial charge is 0.349 e. The number of aryl methyl sites for hydroxylation is 2. The Bertz CT molecular complexity index is 797. The molecule has 3 rings (SSSR count). The average molecular weight is 382 g/mol. The number of esters is 1. The summed E-state index contributed by atoms with van der Waals surface area (Å²) in [5, 5.41) is 2.61. The number of thiophene rings is 1. The Balaban J connectivity index is 1.62. The Hall–Kier alpha value is -1.92. The molecule has 0 fully saturated rings. The van der Waals surface area contributed by atoms with Gasteiger partial charge in [-0.15, -0.1) is 11.3 Å². The molecule has 1 aliphatic rings. The first-order chi connectivity index (χ1) is 11.9.